The van der Waals surface area contributed by atoms with E-state index in [1.54, 1.807) is 30.9 Å². The summed E-state index contributed by atoms with van der Waals surface area (Å²) in [4.78, 5) is 60.7. The lowest BCUT2D eigenvalue weighted by Crippen LogP contribution is -2.36. The molecule has 1 fully saturated rings. The standard InChI is InChI=1S/C31H50N6O6S2.C2H6.6H2/c1-6-21(4)37-27(40)19-45-12-10-34-30-28(43-30)23-14-22(17-36-31(42)35-8-7-25(38)13-20(2)3)15-24(16-23)29(41)33-9-11-44-18-26(39)32-5;1-2;;;;;;/h14-16,20-21,28,30,34H,6-13,17-19H2,1-5H3,(H,32,39)(H,33,41)(H,37,40)(H2,35,36,42);1-2H3;6*1H. The highest BCUT2D eigenvalue weighted by atomic mass is 32.2. The van der Waals surface area contributed by atoms with Crippen LogP contribution in [0.3, 0.4) is 0 Å². The molecule has 0 radical (unpaired) electrons. The first-order valence-corrected chi connectivity index (χ1v) is 18.8. The van der Waals surface area contributed by atoms with Gasteiger partial charge in [0.15, 0.2) is 0 Å². The third-order valence-electron chi connectivity index (χ3n) is 6.76. The molecule has 14 heteroatoms. The molecule has 1 heterocycles. The lowest BCUT2D eigenvalue weighted by Gasteiger charge is -2.12. The Balaban J connectivity index is -0.000000678. The van der Waals surface area contributed by atoms with Gasteiger partial charge in [0.2, 0.25) is 11.8 Å². The average molecular weight is 709 g/mol. The number of nitrogens with one attached hydrogen (secondary N) is 6. The molecule has 47 heavy (non-hydrogen) atoms. The van der Waals surface area contributed by atoms with E-state index in [1.807, 2.05) is 47.6 Å². The van der Waals surface area contributed by atoms with Crippen molar-refractivity contribution in [3.8, 4) is 0 Å². The van der Waals surface area contributed by atoms with Gasteiger partial charge in [0.05, 0.1) is 11.5 Å². The molecule has 2 rings (SSSR count). The Morgan fingerprint density at radius 1 is 0.894 bits per heavy atom. The fourth-order valence-corrected chi connectivity index (χ4v) is 5.58. The smallest absolute Gasteiger partial charge is 0.315 e. The highest BCUT2D eigenvalue weighted by molar-refractivity contribution is 8.00. The van der Waals surface area contributed by atoms with Gasteiger partial charge in [-0.3, -0.25) is 24.5 Å². The summed E-state index contributed by atoms with van der Waals surface area (Å²) in [5.74, 6) is 2.15. The molecule has 1 aromatic carbocycles. The van der Waals surface area contributed by atoms with E-state index in [1.165, 1.54) is 11.8 Å². The van der Waals surface area contributed by atoms with E-state index in [9.17, 15) is 24.0 Å². The van der Waals surface area contributed by atoms with E-state index < -0.39 is 6.03 Å². The maximum Gasteiger partial charge on any atom is 0.315 e. The zero-order valence-electron chi connectivity index (χ0n) is 29.1. The summed E-state index contributed by atoms with van der Waals surface area (Å²) >= 11 is 2.98. The van der Waals surface area contributed by atoms with Crippen molar-refractivity contribution < 1.29 is 37.3 Å². The fourth-order valence-electron chi connectivity index (χ4n) is 4.19. The van der Waals surface area contributed by atoms with Gasteiger partial charge in [-0.25, -0.2) is 4.79 Å². The minimum absolute atomic E-state index is 0. The Morgan fingerprint density at radius 3 is 2.23 bits per heavy atom. The number of carbonyl (C=O) groups excluding carboxylic acids is 5. The molecular formula is C33H68N6O6S2. The summed E-state index contributed by atoms with van der Waals surface area (Å²) < 4.78 is 5.86. The summed E-state index contributed by atoms with van der Waals surface area (Å²) in [6.45, 7) is 13.5. The van der Waals surface area contributed by atoms with Crippen molar-refractivity contribution in [1.82, 2.24) is 31.9 Å². The lowest BCUT2D eigenvalue weighted by molar-refractivity contribution is -0.120. The van der Waals surface area contributed by atoms with Crippen LogP contribution in [0.2, 0.25) is 0 Å². The maximum absolute atomic E-state index is 13.0. The van der Waals surface area contributed by atoms with Gasteiger partial charge in [0.1, 0.15) is 18.1 Å². The van der Waals surface area contributed by atoms with Gasteiger partial charge in [-0.15, -0.1) is 0 Å². The largest absolute Gasteiger partial charge is 0.358 e. The van der Waals surface area contributed by atoms with Crippen LogP contribution in [0.25, 0.3) is 0 Å². The molecule has 3 atom stereocenters. The Morgan fingerprint density at radius 2 is 1.57 bits per heavy atom. The predicted octanol–water partition coefficient (Wildman–Crippen LogP) is 4.84. The van der Waals surface area contributed by atoms with Gasteiger partial charge in [-0.2, -0.15) is 23.5 Å². The molecule has 0 spiro atoms. The summed E-state index contributed by atoms with van der Waals surface area (Å²) in [5, 5.41) is 17.3. The predicted molar refractivity (Wildman–Crippen MR) is 204 cm³/mol. The highest BCUT2D eigenvalue weighted by Crippen LogP contribution is 2.37. The molecule has 0 saturated carbocycles. The van der Waals surface area contributed by atoms with Crippen molar-refractivity contribution in [2.45, 2.75) is 85.7 Å². The van der Waals surface area contributed by atoms with Gasteiger partial charge < -0.3 is 31.3 Å². The summed E-state index contributed by atoms with van der Waals surface area (Å²) in [7, 11) is 1.58. The van der Waals surface area contributed by atoms with Crippen LogP contribution in [0.1, 0.15) is 97.0 Å². The van der Waals surface area contributed by atoms with Gasteiger partial charge in [-0.05, 0) is 42.5 Å². The Bertz CT molecular complexity index is 1170. The van der Waals surface area contributed by atoms with Crippen LogP contribution in [0.5, 0.6) is 0 Å². The first-order valence-electron chi connectivity index (χ1n) is 16.5. The third-order valence-corrected chi connectivity index (χ3v) is 8.68. The van der Waals surface area contributed by atoms with Gasteiger partial charge in [-0.1, -0.05) is 40.7 Å². The van der Waals surface area contributed by atoms with Crippen molar-refractivity contribution >= 4 is 53.1 Å². The molecule has 3 unspecified atom stereocenters. The summed E-state index contributed by atoms with van der Waals surface area (Å²) in [6, 6.07) is 5.20. The number of ether oxygens (including phenoxy) is 1. The molecule has 5 amide bonds. The molecule has 1 saturated heterocycles. The van der Waals surface area contributed by atoms with Gasteiger partial charge in [0.25, 0.3) is 5.91 Å². The number of benzene rings is 1. The first kappa shape index (κ1) is 42.2. The minimum Gasteiger partial charge on any atom is -0.358 e. The number of carbonyl (C=O) groups is 5. The molecule has 1 aromatic rings. The van der Waals surface area contributed by atoms with E-state index in [2.05, 4.69) is 31.9 Å². The van der Waals surface area contributed by atoms with Crippen LogP contribution in [0.4, 0.5) is 4.79 Å². The number of rotatable bonds is 22. The molecule has 278 valence electrons. The van der Waals surface area contributed by atoms with Crippen molar-refractivity contribution in [3.63, 3.8) is 0 Å². The molecule has 0 bridgehead atoms. The number of amides is 5. The molecule has 0 aromatic heterocycles. The Labute approximate surface area is 298 Å². The van der Waals surface area contributed by atoms with Crippen molar-refractivity contribution in [3.05, 3.63) is 34.9 Å². The van der Waals surface area contributed by atoms with E-state index in [0.29, 0.717) is 42.3 Å². The fraction of sp³-hybridized carbons (Fsp3) is 0.667. The second-order valence-electron chi connectivity index (χ2n) is 11.3. The minimum atomic E-state index is -0.394. The molecule has 12 nitrogen and oxygen atoms in total. The molecule has 6 N–H and O–H groups in total. The van der Waals surface area contributed by atoms with Gasteiger partial charge >= 0.3 is 6.03 Å². The van der Waals surface area contributed by atoms with Crippen LogP contribution in [-0.4, -0.2) is 91.5 Å². The number of ketones is 1. The number of urea groups is 1. The molecule has 0 aliphatic carbocycles. The van der Waals surface area contributed by atoms with Gasteiger partial charge in [0, 0.05) is 77.7 Å². The van der Waals surface area contributed by atoms with Crippen molar-refractivity contribution in [2.24, 2.45) is 5.92 Å². The normalized spacial score (nSPS) is 15.5. The molecular weight excluding hydrogens is 641 g/mol. The lowest BCUT2D eigenvalue weighted by atomic mass is 10.0. The first-order chi connectivity index (χ1) is 22.5. The molecule has 1 aliphatic heterocycles. The second-order valence-corrected chi connectivity index (χ2v) is 13.5. The highest BCUT2D eigenvalue weighted by Gasteiger charge is 2.40. The number of Topliss-reactive ketones (excluding diaryl/α,β-unsaturated/α-hetero) is 1. The zero-order valence-corrected chi connectivity index (χ0v) is 30.7. The summed E-state index contributed by atoms with van der Waals surface area (Å²) in [5.41, 5.74) is 1.98. The Kier molecular flexibility index (Phi) is 21.9. The third kappa shape index (κ3) is 18.9. The Hall–Kier alpha value is -2.81. The van der Waals surface area contributed by atoms with Crippen LogP contribution < -0.4 is 31.9 Å². The van der Waals surface area contributed by atoms with E-state index >= 15 is 0 Å². The number of hydrogen-bond acceptors (Lipinski definition) is 9. The van der Waals surface area contributed by atoms with Crippen LogP contribution in [0, 0.1) is 5.92 Å². The van der Waals surface area contributed by atoms with E-state index in [-0.39, 0.29) is 75.9 Å². The maximum atomic E-state index is 13.0. The topological polar surface area (TPSA) is 170 Å². The average Bonchev–Trinajstić information content (AvgIpc) is 3.83. The van der Waals surface area contributed by atoms with Crippen LogP contribution in [0.15, 0.2) is 18.2 Å². The SMILES string of the molecule is CC.CCC(C)NC(=O)CSCCNC1OC1c1cc(CNC(=O)NCCC(=O)CC(C)C)cc(C(=O)NCCSCC(=O)NC)c1.[HH].[HH].[HH].[HH].[HH].[HH]. The van der Waals surface area contributed by atoms with Crippen molar-refractivity contribution in [1.29, 1.82) is 0 Å². The molecule has 1 aliphatic rings. The number of hydrogen-bond donors (Lipinski definition) is 6. The summed E-state index contributed by atoms with van der Waals surface area (Å²) in [6.07, 6.45) is 1.20. The zero-order chi connectivity index (χ0) is 35.2. The van der Waals surface area contributed by atoms with Crippen LogP contribution in [-0.2, 0) is 25.7 Å². The monoisotopic (exact) mass is 708 g/mol. The van der Waals surface area contributed by atoms with E-state index in [4.69, 9.17) is 4.74 Å². The number of thioether (sulfide) groups is 2. The van der Waals surface area contributed by atoms with Crippen molar-refractivity contribution in [2.75, 3.05) is 49.7 Å². The van der Waals surface area contributed by atoms with Crippen LogP contribution >= 0.6 is 23.5 Å². The van der Waals surface area contributed by atoms with E-state index in [0.717, 1.165) is 23.3 Å². The quantitative estimate of drug-likeness (QED) is 0.0729. The second kappa shape index (κ2) is 24.3. The number of epoxide rings is 1.